The van der Waals surface area contributed by atoms with Crippen molar-refractivity contribution in [3.63, 3.8) is 0 Å². The van der Waals surface area contributed by atoms with E-state index in [1.54, 1.807) is 0 Å². The molecule has 7 heteroatoms. The fraction of sp³-hybridized carbons (Fsp3) is 0.333. The molecule has 1 atom stereocenters. The van der Waals surface area contributed by atoms with Crippen LogP contribution in [-0.2, 0) is 11.3 Å². The molecule has 0 fully saturated rings. The first-order chi connectivity index (χ1) is 8.93. The van der Waals surface area contributed by atoms with Gasteiger partial charge in [0.2, 0.25) is 5.91 Å². The summed E-state index contributed by atoms with van der Waals surface area (Å²) in [6.45, 7) is 1.58. The molecule has 0 radical (unpaired) electrons. The molecule has 3 N–H and O–H groups in total. The van der Waals surface area contributed by atoms with E-state index in [0.717, 1.165) is 12.1 Å². The maximum Gasteiger partial charge on any atom is 0.321 e. The van der Waals surface area contributed by atoms with Crippen LogP contribution in [-0.4, -0.2) is 25.0 Å². The van der Waals surface area contributed by atoms with Crippen molar-refractivity contribution < 1.29 is 18.4 Å². The van der Waals surface area contributed by atoms with Crippen LogP contribution in [0.1, 0.15) is 12.5 Å². The monoisotopic (exact) mass is 271 g/mol. The van der Waals surface area contributed by atoms with E-state index in [1.807, 2.05) is 0 Å². The summed E-state index contributed by atoms with van der Waals surface area (Å²) in [5.74, 6) is -1.89. The molecule has 1 aromatic carbocycles. The second-order valence-corrected chi connectivity index (χ2v) is 3.91. The molecule has 1 unspecified atom stereocenters. The summed E-state index contributed by atoms with van der Waals surface area (Å²) >= 11 is 0. The molecule has 104 valence electrons. The van der Waals surface area contributed by atoms with Gasteiger partial charge in [0.05, 0.1) is 6.04 Å². The van der Waals surface area contributed by atoms with Gasteiger partial charge in [-0.25, -0.2) is 13.6 Å². The molecule has 0 saturated carbocycles. The summed E-state index contributed by atoms with van der Waals surface area (Å²) < 4.78 is 26.0. The fourth-order valence-electron chi connectivity index (χ4n) is 1.30. The Labute approximate surface area is 109 Å². The first-order valence-electron chi connectivity index (χ1n) is 5.64. The number of benzene rings is 1. The van der Waals surface area contributed by atoms with E-state index >= 15 is 0 Å². The standard InChI is InChI=1S/C12H15F2N3O2/c1-7(11(18)17-12(19)15-2)16-6-8-3-4-9(13)5-10(8)14/h3-5,7,16H,6H2,1-2H3,(H2,15,17,18,19). The van der Waals surface area contributed by atoms with Gasteiger partial charge < -0.3 is 10.6 Å². The SMILES string of the molecule is CNC(=O)NC(=O)C(C)NCc1ccc(F)cc1F. The third-order valence-electron chi connectivity index (χ3n) is 2.47. The van der Waals surface area contributed by atoms with Crippen LogP contribution in [0.5, 0.6) is 0 Å². The lowest BCUT2D eigenvalue weighted by atomic mass is 10.2. The summed E-state index contributed by atoms with van der Waals surface area (Å²) in [5, 5.41) is 7.06. The van der Waals surface area contributed by atoms with Gasteiger partial charge in [0.25, 0.3) is 0 Å². The Morgan fingerprint density at radius 1 is 1.32 bits per heavy atom. The van der Waals surface area contributed by atoms with Gasteiger partial charge in [-0.15, -0.1) is 0 Å². The summed E-state index contributed by atoms with van der Waals surface area (Å²) in [6, 6.07) is 1.89. The molecule has 1 rings (SSSR count). The largest absolute Gasteiger partial charge is 0.341 e. The molecule has 19 heavy (non-hydrogen) atoms. The van der Waals surface area contributed by atoms with Gasteiger partial charge in [0.1, 0.15) is 11.6 Å². The summed E-state index contributed by atoms with van der Waals surface area (Å²) in [5.41, 5.74) is 0.237. The van der Waals surface area contributed by atoms with Crippen molar-refractivity contribution in [1.82, 2.24) is 16.0 Å². The molecule has 0 bridgehead atoms. The summed E-state index contributed by atoms with van der Waals surface area (Å²) in [7, 11) is 1.38. The molecule has 3 amide bonds. The van der Waals surface area contributed by atoms with Crippen molar-refractivity contribution in [1.29, 1.82) is 0 Å². The molecule has 0 spiro atoms. The van der Waals surface area contributed by atoms with E-state index in [1.165, 1.54) is 20.0 Å². The molecular weight excluding hydrogens is 256 g/mol. The average Bonchev–Trinajstić information content (AvgIpc) is 2.37. The Hall–Kier alpha value is -2.02. The van der Waals surface area contributed by atoms with Gasteiger partial charge in [-0.05, 0) is 13.0 Å². The van der Waals surface area contributed by atoms with Crippen LogP contribution in [0.2, 0.25) is 0 Å². The van der Waals surface area contributed by atoms with Crippen LogP contribution in [0.3, 0.4) is 0 Å². The van der Waals surface area contributed by atoms with E-state index in [2.05, 4.69) is 16.0 Å². The van der Waals surface area contributed by atoms with E-state index in [9.17, 15) is 18.4 Å². The number of rotatable bonds is 4. The normalized spacial score (nSPS) is 11.8. The Morgan fingerprint density at radius 3 is 2.58 bits per heavy atom. The zero-order valence-electron chi connectivity index (χ0n) is 10.6. The fourth-order valence-corrected chi connectivity index (χ4v) is 1.30. The maximum atomic E-state index is 13.3. The summed E-state index contributed by atoms with van der Waals surface area (Å²) in [6.07, 6.45) is 0. The van der Waals surface area contributed by atoms with Crippen molar-refractivity contribution in [3.05, 3.63) is 35.4 Å². The molecular formula is C12H15F2N3O2. The summed E-state index contributed by atoms with van der Waals surface area (Å²) in [4.78, 5) is 22.4. The van der Waals surface area contributed by atoms with E-state index in [-0.39, 0.29) is 12.1 Å². The van der Waals surface area contributed by atoms with Crippen LogP contribution < -0.4 is 16.0 Å². The van der Waals surface area contributed by atoms with Crippen molar-refractivity contribution >= 4 is 11.9 Å². The number of urea groups is 1. The Balaban J connectivity index is 2.51. The molecule has 0 aromatic heterocycles. The Morgan fingerprint density at radius 2 is 2.00 bits per heavy atom. The highest BCUT2D eigenvalue weighted by molar-refractivity contribution is 5.96. The van der Waals surface area contributed by atoms with Gasteiger partial charge >= 0.3 is 6.03 Å². The van der Waals surface area contributed by atoms with E-state index in [4.69, 9.17) is 0 Å². The molecule has 0 aliphatic heterocycles. The molecule has 0 heterocycles. The first-order valence-corrected chi connectivity index (χ1v) is 5.64. The smallest absolute Gasteiger partial charge is 0.321 e. The molecule has 0 aliphatic rings. The van der Waals surface area contributed by atoms with Gasteiger partial charge in [0.15, 0.2) is 0 Å². The van der Waals surface area contributed by atoms with Gasteiger partial charge in [-0.2, -0.15) is 0 Å². The number of halogens is 2. The topological polar surface area (TPSA) is 70.2 Å². The lowest BCUT2D eigenvalue weighted by Gasteiger charge is -2.13. The van der Waals surface area contributed by atoms with E-state index < -0.39 is 29.6 Å². The highest BCUT2D eigenvalue weighted by atomic mass is 19.1. The zero-order valence-corrected chi connectivity index (χ0v) is 10.6. The molecule has 0 saturated heterocycles. The highest BCUT2D eigenvalue weighted by Gasteiger charge is 2.15. The third-order valence-corrected chi connectivity index (χ3v) is 2.47. The van der Waals surface area contributed by atoms with Gasteiger partial charge in [0, 0.05) is 25.2 Å². The second kappa shape index (κ2) is 6.79. The quantitative estimate of drug-likeness (QED) is 0.762. The Bertz CT molecular complexity index is 480. The van der Waals surface area contributed by atoms with Crippen molar-refractivity contribution in [2.45, 2.75) is 19.5 Å². The van der Waals surface area contributed by atoms with Crippen LogP contribution in [0, 0.1) is 11.6 Å². The predicted octanol–water partition coefficient (Wildman–Crippen LogP) is 0.898. The number of hydrogen-bond acceptors (Lipinski definition) is 3. The number of carbonyl (C=O) groups is 2. The number of carbonyl (C=O) groups excluding carboxylic acids is 2. The van der Waals surface area contributed by atoms with Crippen LogP contribution in [0.15, 0.2) is 18.2 Å². The van der Waals surface area contributed by atoms with Gasteiger partial charge in [-0.1, -0.05) is 6.07 Å². The average molecular weight is 271 g/mol. The molecule has 5 nitrogen and oxygen atoms in total. The minimum atomic E-state index is -0.693. The highest BCUT2D eigenvalue weighted by Crippen LogP contribution is 2.09. The van der Waals surface area contributed by atoms with Crippen LogP contribution in [0.4, 0.5) is 13.6 Å². The predicted molar refractivity (Wildman–Crippen MR) is 65.3 cm³/mol. The molecule has 0 aliphatic carbocycles. The number of nitrogens with one attached hydrogen (secondary N) is 3. The van der Waals surface area contributed by atoms with Crippen molar-refractivity contribution in [3.8, 4) is 0 Å². The van der Waals surface area contributed by atoms with Crippen molar-refractivity contribution in [2.24, 2.45) is 0 Å². The lowest BCUT2D eigenvalue weighted by Crippen LogP contribution is -2.47. The lowest BCUT2D eigenvalue weighted by molar-refractivity contribution is -0.121. The third kappa shape index (κ3) is 4.63. The van der Waals surface area contributed by atoms with Crippen molar-refractivity contribution in [2.75, 3.05) is 7.05 Å². The van der Waals surface area contributed by atoms with Crippen LogP contribution >= 0.6 is 0 Å². The van der Waals surface area contributed by atoms with E-state index in [0.29, 0.717) is 0 Å². The second-order valence-electron chi connectivity index (χ2n) is 3.91. The Kier molecular flexibility index (Phi) is 5.37. The molecule has 1 aromatic rings. The minimum absolute atomic E-state index is 0.0500. The zero-order chi connectivity index (χ0) is 14.4. The number of hydrogen-bond donors (Lipinski definition) is 3. The minimum Gasteiger partial charge on any atom is -0.341 e. The number of amides is 3. The number of imide groups is 1. The first kappa shape index (κ1) is 15.0. The van der Waals surface area contributed by atoms with Gasteiger partial charge in [-0.3, -0.25) is 10.1 Å². The maximum absolute atomic E-state index is 13.3. The van der Waals surface area contributed by atoms with Crippen LogP contribution in [0.25, 0.3) is 0 Å².